The van der Waals surface area contributed by atoms with Crippen molar-refractivity contribution in [3.63, 3.8) is 0 Å². The normalized spacial score (nSPS) is 26.4. The lowest BCUT2D eigenvalue weighted by atomic mass is 10.2. The molecule has 2 unspecified atom stereocenters. The molecule has 0 bridgehead atoms. The lowest BCUT2D eigenvalue weighted by molar-refractivity contribution is -0.127. The summed E-state index contributed by atoms with van der Waals surface area (Å²) in [6.07, 6.45) is -0.336. The number of urea groups is 1. The molecule has 16 heavy (non-hydrogen) atoms. The van der Waals surface area contributed by atoms with Crippen molar-refractivity contribution >= 4 is 11.9 Å². The second kappa shape index (κ2) is 5.78. The number of rotatable bonds is 3. The molecule has 4 N–H and O–H groups in total. The Balaban J connectivity index is 2.41. The molecule has 7 heteroatoms. The van der Waals surface area contributed by atoms with Crippen LogP contribution in [0.25, 0.3) is 0 Å². The van der Waals surface area contributed by atoms with E-state index >= 15 is 0 Å². The third-order valence-electron chi connectivity index (χ3n) is 2.24. The van der Waals surface area contributed by atoms with Gasteiger partial charge in [0.1, 0.15) is 0 Å². The smallest absolute Gasteiger partial charge is 0.318 e. The number of nitrogens with one attached hydrogen (secondary N) is 1. The molecule has 92 valence electrons. The van der Waals surface area contributed by atoms with Gasteiger partial charge in [0, 0.05) is 13.1 Å². The molecule has 0 aromatic heterocycles. The summed E-state index contributed by atoms with van der Waals surface area (Å²) >= 11 is 0. The van der Waals surface area contributed by atoms with Crippen molar-refractivity contribution in [2.45, 2.75) is 19.1 Å². The van der Waals surface area contributed by atoms with Crippen LogP contribution in [0.15, 0.2) is 0 Å². The summed E-state index contributed by atoms with van der Waals surface area (Å²) in [7, 11) is 0. The van der Waals surface area contributed by atoms with Crippen LogP contribution in [-0.4, -0.2) is 60.4 Å². The number of hydrogen-bond acceptors (Lipinski definition) is 5. The van der Waals surface area contributed by atoms with E-state index in [1.807, 2.05) is 17.1 Å². The first kappa shape index (κ1) is 12.9. The van der Waals surface area contributed by atoms with Crippen LogP contribution >= 0.6 is 0 Å². The van der Waals surface area contributed by atoms with Crippen molar-refractivity contribution in [1.82, 2.24) is 10.2 Å². The fourth-order valence-corrected chi connectivity index (χ4v) is 1.75. The van der Waals surface area contributed by atoms with Gasteiger partial charge in [-0.05, 0) is 6.92 Å². The van der Waals surface area contributed by atoms with Crippen LogP contribution in [0.4, 0.5) is 4.79 Å². The predicted octanol–water partition coefficient (Wildman–Crippen LogP) is -1.74. The van der Waals surface area contributed by atoms with Crippen LogP contribution in [0.5, 0.6) is 0 Å². The summed E-state index contributed by atoms with van der Waals surface area (Å²) in [6.45, 7) is 2.90. The van der Waals surface area contributed by atoms with Gasteiger partial charge in [0.15, 0.2) is 0 Å². The molecular weight excluding hydrogens is 214 g/mol. The summed E-state index contributed by atoms with van der Waals surface area (Å²) < 4.78 is 5.41. The zero-order chi connectivity index (χ0) is 12.1. The monoisotopic (exact) mass is 231 g/mol. The lowest BCUT2D eigenvalue weighted by Crippen LogP contribution is -2.51. The van der Waals surface area contributed by atoms with E-state index in [1.54, 1.807) is 0 Å². The van der Waals surface area contributed by atoms with Crippen molar-refractivity contribution in [2.75, 3.05) is 26.2 Å². The Labute approximate surface area is 93.5 Å². The highest BCUT2D eigenvalue weighted by atomic mass is 16.5. The minimum Gasteiger partial charge on any atom is -0.394 e. The maximum absolute atomic E-state index is 11.3. The maximum Gasteiger partial charge on any atom is 0.318 e. The van der Waals surface area contributed by atoms with E-state index in [1.165, 1.54) is 0 Å². The number of ether oxygens (including phenoxy) is 1. The van der Waals surface area contributed by atoms with Gasteiger partial charge in [0.25, 0.3) is 0 Å². The minimum absolute atomic E-state index is 0.0488. The zero-order valence-corrected chi connectivity index (χ0v) is 9.18. The topological polar surface area (TPSA) is 105 Å². The zero-order valence-electron chi connectivity index (χ0n) is 9.18. The van der Waals surface area contributed by atoms with E-state index in [4.69, 9.17) is 15.6 Å². The molecule has 1 rings (SSSR count). The molecule has 0 saturated carbocycles. The first-order valence-electron chi connectivity index (χ1n) is 5.09. The van der Waals surface area contributed by atoms with E-state index < -0.39 is 11.9 Å². The SMILES string of the molecule is CC1CN(CC(=O)NC(N)=O)CC(CO)O1. The van der Waals surface area contributed by atoms with Crippen LogP contribution in [0.3, 0.4) is 0 Å². The highest BCUT2D eigenvalue weighted by Crippen LogP contribution is 2.09. The van der Waals surface area contributed by atoms with Crippen LogP contribution < -0.4 is 11.1 Å². The minimum atomic E-state index is -0.856. The summed E-state index contributed by atoms with van der Waals surface area (Å²) in [5.74, 6) is -0.446. The van der Waals surface area contributed by atoms with Gasteiger partial charge in [0.05, 0.1) is 25.4 Å². The van der Waals surface area contributed by atoms with Crippen molar-refractivity contribution in [1.29, 1.82) is 0 Å². The Bertz CT molecular complexity index is 271. The van der Waals surface area contributed by atoms with Gasteiger partial charge >= 0.3 is 6.03 Å². The van der Waals surface area contributed by atoms with E-state index in [9.17, 15) is 9.59 Å². The Morgan fingerprint density at radius 2 is 2.25 bits per heavy atom. The number of nitrogens with zero attached hydrogens (tertiary/aromatic N) is 1. The van der Waals surface area contributed by atoms with Crippen molar-refractivity contribution < 1.29 is 19.4 Å². The van der Waals surface area contributed by atoms with Gasteiger partial charge in [0.2, 0.25) is 5.91 Å². The molecule has 0 radical (unpaired) electrons. The highest BCUT2D eigenvalue weighted by molar-refractivity contribution is 5.94. The average Bonchev–Trinajstić information content (AvgIpc) is 2.14. The lowest BCUT2D eigenvalue weighted by Gasteiger charge is -2.35. The van der Waals surface area contributed by atoms with E-state index in [0.717, 1.165) is 0 Å². The summed E-state index contributed by atoms with van der Waals surface area (Å²) in [5.41, 5.74) is 4.83. The van der Waals surface area contributed by atoms with Crippen LogP contribution in [0.1, 0.15) is 6.92 Å². The Hall–Kier alpha value is -1.18. The average molecular weight is 231 g/mol. The number of aliphatic hydroxyl groups is 1. The third-order valence-corrected chi connectivity index (χ3v) is 2.24. The molecule has 1 heterocycles. The Morgan fingerprint density at radius 1 is 1.56 bits per heavy atom. The van der Waals surface area contributed by atoms with E-state index in [-0.39, 0.29) is 25.4 Å². The van der Waals surface area contributed by atoms with Gasteiger partial charge < -0.3 is 15.6 Å². The molecule has 0 aliphatic carbocycles. The molecule has 3 amide bonds. The molecule has 1 aliphatic heterocycles. The Morgan fingerprint density at radius 3 is 2.81 bits per heavy atom. The number of amides is 3. The molecule has 1 aliphatic rings. The first-order chi connectivity index (χ1) is 7.51. The van der Waals surface area contributed by atoms with Crippen molar-refractivity contribution in [2.24, 2.45) is 5.73 Å². The maximum atomic E-state index is 11.3. The molecule has 2 atom stereocenters. The molecule has 0 aromatic carbocycles. The largest absolute Gasteiger partial charge is 0.394 e. The summed E-state index contributed by atoms with van der Waals surface area (Å²) in [6, 6.07) is -0.856. The van der Waals surface area contributed by atoms with E-state index in [2.05, 4.69) is 0 Å². The number of imide groups is 1. The van der Waals surface area contributed by atoms with Gasteiger partial charge in [-0.1, -0.05) is 0 Å². The number of aliphatic hydroxyl groups excluding tert-OH is 1. The van der Waals surface area contributed by atoms with E-state index in [0.29, 0.717) is 13.1 Å². The Kier molecular flexibility index (Phi) is 4.66. The molecule has 0 aromatic rings. The van der Waals surface area contributed by atoms with Crippen LogP contribution in [-0.2, 0) is 9.53 Å². The second-order valence-electron chi connectivity index (χ2n) is 3.86. The molecule has 1 fully saturated rings. The van der Waals surface area contributed by atoms with Gasteiger partial charge in [-0.25, -0.2) is 4.79 Å². The highest BCUT2D eigenvalue weighted by Gasteiger charge is 2.26. The van der Waals surface area contributed by atoms with Crippen molar-refractivity contribution in [3.8, 4) is 0 Å². The number of nitrogens with two attached hydrogens (primary N) is 1. The molecule has 7 nitrogen and oxygen atoms in total. The molecular formula is C9H17N3O4. The number of hydrogen-bond donors (Lipinski definition) is 3. The van der Waals surface area contributed by atoms with Gasteiger partial charge in [-0.2, -0.15) is 0 Å². The number of primary amides is 1. The first-order valence-corrected chi connectivity index (χ1v) is 5.09. The van der Waals surface area contributed by atoms with Crippen LogP contribution in [0, 0.1) is 0 Å². The molecule has 1 saturated heterocycles. The summed E-state index contributed by atoms with van der Waals surface area (Å²) in [4.78, 5) is 23.5. The number of carbonyl (C=O) groups is 2. The van der Waals surface area contributed by atoms with Crippen molar-refractivity contribution in [3.05, 3.63) is 0 Å². The van der Waals surface area contributed by atoms with Gasteiger partial charge in [-0.3, -0.25) is 15.0 Å². The predicted molar refractivity (Wildman–Crippen MR) is 55.6 cm³/mol. The number of carbonyl (C=O) groups excluding carboxylic acids is 2. The van der Waals surface area contributed by atoms with Gasteiger partial charge in [-0.15, -0.1) is 0 Å². The third kappa shape index (κ3) is 4.13. The fourth-order valence-electron chi connectivity index (χ4n) is 1.75. The van der Waals surface area contributed by atoms with Crippen LogP contribution in [0.2, 0.25) is 0 Å². The quantitative estimate of drug-likeness (QED) is 0.535. The fraction of sp³-hybridized carbons (Fsp3) is 0.778. The second-order valence-corrected chi connectivity index (χ2v) is 3.86. The summed E-state index contributed by atoms with van der Waals surface area (Å²) in [5, 5.41) is 11.0. The standard InChI is InChI=1S/C9H17N3O4/c1-6-2-12(3-7(5-13)16-6)4-8(14)11-9(10)15/h6-7,13H,2-5H2,1H3,(H3,10,11,14,15). The molecule has 0 spiro atoms. The number of morpholine rings is 1.